The molecule has 0 bridgehead atoms. The normalized spacial score (nSPS) is 16.3. The molecule has 3 rings (SSSR count). The minimum atomic E-state index is 0.152. The van der Waals surface area contributed by atoms with Gasteiger partial charge in [-0.3, -0.25) is 4.79 Å². The first kappa shape index (κ1) is 19.8. The van der Waals surface area contributed by atoms with E-state index in [0.717, 1.165) is 5.56 Å². The second kappa shape index (κ2) is 9.32. The molecule has 1 aromatic heterocycles. The number of benzene rings is 1. The molecular formula is C19H25N5O4. The smallest absolute Gasteiger partial charge is 0.243 e. The summed E-state index contributed by atoms with van der Waals surface area (Å²) in [6.45, 7) is 2.47. The Labute approximate surface area is 164 Å². The van der Waals surface area contributed by atoms with Crippen molar-refractivity contribution in [3.63, 3.8) is 0 Å². The summed E-state index contributed by atoms with van der Waals surface area (Å²) in [5.74, 6) is 2.11. The van der Waals surface area contributed by atoms with Crippen LogP contribution < -0.4 is 14.8 Å². The lowest BCUT2D eigenvalue weighted by molar-refractivity contribution is -0.128. The Morgan fingerprint density at radius 1 is 1.25 bits per heavy atom. The molecule has 1 amide bonds. The number of methoxy groups -OCH3 is 3. The predicted octanol–water partition coefficient (Wildman–Crippen LogP) is 1.46. The topological polar surface area (TPSA) is 98.7 Å². The number of amides is 1. The van der Waals surface area contributed by atoms with Crippen molar-refractivity contribution >= 4 is 11.9 Å². The highest BCUT2D eigenvalue weighted by molar-refractivity contribution is 5.78. The molecular weight excluding hydrogens is 362 g/mol. The van der Waals surface area contributed by atoms with E-state index in [2.05, 4.69) is 20.5 Å². The van der Waals surface area contributed by atoms with Gasteiger partial charge in [-0.2, -0.15) is 5.10 Å². The van der Waals surface area contributed by atoms with Crippen LogP contribution in [0.4, 0.5) is 5.95 Å². The van der Waals surface area contributed by atoms with Gasteiger partial charge < -0.3 is 24.4 Å². The fraction of sp³-hybridized carbons (Fsp3) is 0.474. The van der Waals surface area contributed by atoms with Gasteiger partial charge in [0.25, 0.3) is 0 Å². The predicted molar refractivity (Wildman–Crippen MR) is 103 cm³/mol. The molecule has 0 unspecified atom stereocenters. The molecule has 1 aromatic carbocycles. The van der Waals surface area contributed by atoms with Crippen LogP contribution in [-0.2, 0) is 9.53 Å². The maximum Gasteiger partial charge on any atom is 0.243 e. The summed E-state index contributed by atoms with van der Waals surface area (Å²) in [6, 6.07) is 5.50. The van der Waals surface area contributed by atoms with Crippen molar-refractivity contribution < 1.29 is 19.0 Å². The van der Waals surface area contributed by atoms with E-state index in [0.29, 0.717) is 55.8 Å². The van der Waals surface area contributed by atoms with Gasteiger partial charge in [0.15, 0.2) is 0 Å². The van der Waals surface area contributed by atoms with Gasteiger partial charge in [-0.05, 0) is 12.1 Å². The summed E-state index contributed by atoms with van der Waals surface area (Å²) in [6.07, 6.45) is 2.09. The Kier molecular flexibility index (Phi) is 6.59. The van der Waals surface area contributed by atoms with Crippen molar-refractivity contribution in [2.75, 3.05) is 52.9 Å². The molecule has 0 spiro atoms. The van der Waals surface area contributed by atoms with Crippen molar-refractivity contribution in [3.05, 3.63) is 24.4 Å². The van der Waals surface area contributed by atoms with Gasteiger partial charge >= 0.3 is 0 Å². The van der Waals surface area contributed by atoms with Crippen LogP contribution in [0.1, 0.15) is 6.42 Å². The number of aromatic nitrogens is 3. The van der Waals surface area contributed by atoms with Gasteiger partial charge in [-0.15, -0.1) is 5.10 Å². The van der Waals surface area contributed by atoms with Gasteiger partial charge in [0.2, 0.25) is 11.9 Å². The average Bonchev–Trinajstić information content (AvgIpc) is 3.09. The van der Waals surface area contributed by atoms with Crippen LogP contribution >= 0.6 is 0 Å². The van der Waals surface area contributed by atoms with Crippen molar-refractivity contribution in [2.24, 2.45) is 5.92 Å². The average molecular weight is 387 g/mol. The summed E-state index contributed by atoms with van der Waals surface area (Å²) in [4.78, 5) is 18.4. The second-order valence-electron chi connectivity index (χ2n) is 6.52. The highest BCUT2D eigenvalue weighted by atomic mass is 16.5. The SMILES string of the molecule is COCCN1C[C@@H](CNc2nncc(-c3ccc(OC)cc3OC)n2)CC1=O. The van der Waals surface area contributed by atoms with E-state index in [4.69, 9.17) is 14.2 Å². The molecule has 0 radical (unpaired) electrons. The summed E-state index contributed by atoms with van der Waals surface area (Å²) < 4.78 is 15.7. The number of carbonyl (C=O) groups is 1. The lowest BCUT2D eigenvalue weighted by Crippen LogP contribution is -2.29. The van der Waals surface area contributed by atoms with E-state index >= 15 is 0 Å². The number of nitrogens with one attached hydrogen (secondary N) is 1. The molecule has 1 fully saturated rings. The summed E-state index contributed by atoms with van der Waals surface area (Å²) in [5, 5.41) is 11.3. The fourth-order valence-corrected chi connectivity index (χ4v) is 3.16. The Balaban J connectivity index is 1.65. The molecule has 9 heteroatoms. The van der Waals surface area contributed by atoms with E-state index in [1.165, 1.54) is 0 Å². The summed E-state index contributed by atoms with van der Waals surface area (Å²) in [5.41, 5.74) is 1.43. The maximum absolute atomic E-state index is 12.0. The number of anilines is 1. The minimum Gasteiger partial charge on any atom is -0.497 e. The van der Waals surface area contributed by atoms with Crippen LogP contribution in [0.15, 0.2) is 24.4 Å². The molecule has 1 N–H and O–H groups in total. The zero-order valence-corrected chi connectivity index (χ0v) is 16.3. The molecule has 2 heterocycles. The van der Waals surface area contributed by atoms with Gasteiger partial charge in [-0.1, -0.05) is 0 Å². The molecule has 1 saturated heterocycles. The third-order valence-electron chi connectivity index (χ3n) is 4.65. The molecule has 0 saturated carbocycles. The Morgan fingerprint density at radius 2 is 2.11 bits per heavy atom. The van der Waals surface area contributed by atoms with Crippen molar-refractivity contribution in [3.8, 4) is 22.8 Å². The number of rotatable bonds is 9. The first-order valence-electron chi connectivity index (χ1n) is 9.07. The molecule has 28 heavy (non-hydrogen) atoms. The zero-order chi connectivity index (χ0) is 19.9. The van der Waals surface area contributed by atoms with Gasteiger partial charge in [0.1, 0.15) is 11.5 Å². The minimum absolute atomic E-state index is 0.152. The van der Waals surface area contributed by atoms with Crippen molar-refractivity contribution in [2.45, 2.75) is 6.42 Å². The number of hydrogen-bond donors (Lipinski definition) is 1. The first-order valence-corrected chi connectivity index (χ1v) is 9.07. The quantitative estimate of drug-likeness (QED) is 0.691. The lowest BCUT2D eigenvalue weighted by atomic mass is 10.1. The van der Waals surface area contributed by atoms with E-state index in [9.17, 15) is 4.79 Å². The van der Waals surface area contributed by atoms with E-state index in [1.54, 1.807) is 33.6 Å². The number of hydrogen-bond acceptors (Lipinski definition) is 8. The van der Waals surface area contributed by atoms with Crippen LogP contribution in [0.3, 0.4) is 0 Å². The largest absolute Gasteiger partial charge is 0.497 e. The van der Waals surface area contributed by atoms with E-state index < -0.39 is 0 Å². The van der Waals surface area contributed by atoms with Gasteiger partial charge in [0, 0.05) is 50.7 Å². The van der Waals surface area contributed by atoms with Crippen molar-refractivity contribution in [1.29, 1.82) is 0 Å². The van der Waals surface area contributed by atoms with Crippen LogP contribution in [-0.4, -0.2) is 73.6 Å². The molecule has 0 aliphatic carbocycles. The summed E-state index contributed by atoms with van der Waals surface area (Å²) >= 11 is 0. The fourth-order valence-electron chi connectivity index (χ4n) is 3.16. The zero-order valence-electron chi connectivity index (χ0n) is 16.3. The Morgan fingerprint density at radius 3 is 2.86 bits per heavy atom. The van der Waals surface area contributed by atoms with Gasteiger partial charge in [0.05, 0.1) is 32.7 Å². The Bertz CT molecular complexity index is 817. The Hall–Kier alpha value is -2.94. The number of ether oxygens (including phenoxy) is 3. The molecule has 1 aliphatic rings. The highest BCUT2D eigenvalue weighted by Gasteiger charge is 2.29. The summed E-state index contributed by atoms with van der Waals surface area (Å²) in [7, 11) is 4.83. The van der Waals surface area contributed by atoms with Crippen LogP contribution in [0.25, 0.3) is 11.3 Å². The number of likely N-dealkylation sites (tertiary alicyclic amines) is 1. The second-order valence-corrected chi connectivity index (χ2v) is 6.52. The molecule has 1 atom stereocenters. The molecule has 1 aliphatic heterocycles. The van der Waals surface area contributed by atoms with Gasteiger partial charge in [-0.25, -0.2) is 4.98 Å². The van der Waals surface area contributed by atoms with E-state index in [1.807, 2.05) is 17.0 Å². The molecule has 2 aromatic rings. The molecule has 9 nitrogen and oxygen atoms in total. The number of carbonyl (C=O) groups excluding carboxylic acids is 1. The first-order chi connectivity index (χ1) is 13.6. The van der Waals surface area contributed by atoms with Crippen LogP contribution in [0.2, 0.25) is 0 Å². The van der Waals surface area contributed by atoms with Crippen LogP contribution in [0.5, 0.6) is 11.5 Å². The van der Waals surface area contributed by atoms with Crippen molar-refractivity contribution in [1.82, 2.24) is 20.1 Å². The highest BCUT2D eigenvalue weighted by Crippen LogP contribution is 2.32. The molecule has 150 valence electrons. The van der Waals surface area contributed by atoms with E-state index in [-0.39, 0.29) is 11.8 Å². The number of nitrogens with zero attached hydrogens (tertiary/aromatic N) is 4. The maximum atomic E-state index is 12.0. The monoisotopic (exact) mass is 387 g/mol. The van der Waals surface area contributed by atoms with Crippen LogP contribution in [0, 0.1) is 5.92 Å². The lowest BCUT2D eigenvalue weighted by Gasteiger charge is -2.16. The third kappa shape index (κ3) is 4.66. The standard InChI is InChI=1S/C19H25N5O4/c1-26-7-6-24-12-13(8-18(24)25)10-20-19-22-16(11-21-23-19)15-5-4-14(27-2)9-17(15)28-3/h4-5,9,11,13H,6-8,10,12H2,1-3H3,(H,20,22,23)/t13-/m1/s1. The third-order valence-corrected chi connectivity index (χ3v) is 4.65.